The first-order valence-corrected chi connectivity index (χ1v) is 15.5. The highest BCUT2D eigenvalue weighted by Crippen LogP contribution is 2.45. The topological polar surface area (TPSA) is 78.7 Å². The Balaban J connectivity index is 1.34. The summed E-state index contributed by atoms with van der Waals surface area (Å²) in [5.41, 5.74) is 8.75. The predicted molar refractivity (Wildman–Crippen MR) is 187 cm³/mol. The lowest BCUT2D eigenvalue weighted by Crippen LogP contribution is -2.21. The van der Waals surface area contributed by atoms with Crippen LogP contribution in [0.4, 0.5) is 11.4 Å². The number of anilines is 1. The molecule has 1 aliphatic rings. The van der Waals surface area contributed by atoms with Gasteiger partial charge in [-0.15, -0.1) is 0 Å². The third-order valence-electron chi connectivity index (χ3n) is 9.03. The Hall–Kier alpha value is -5.99. The van der Waals surface area contributed by atoms with Crippen molar-refractivity contribution in [2.24, 2.45) is 0 Å². The summed E-state index contributed by atoms with van der Waals surface area (Å²) in [6.07, 6.45) is 7.12. The monoisotopic (exact) mass is 619 g/mol. The lowest BCUT2D eigenvalue weighted by molar-refractivity contribution is 0.496. The van der Waals surface area contributed by atoms with Gasteiger partial charge in [0.15, 0.2) is 5.58 Å². The van der Waals surface area contributed by atoms with E-state index in [1.54, 1.807) is 27.9 Å². The second-order valence-electron chi connectivity index (χ2n) is 12.6. The van der Waals surface area contributed by atoms with Crippen molar-refractivity contribution < 1.29 is 12.9 Å². The van der Waals surface area contributed by atoms with E-state index in [0.717, 1.165) is 16.3 Å². The summed E-state index contributed by atoms with van der Waals surface area (Å²) in [5, 5.41) is 18.0. The molecule has 0 radical (unpaired) electrons. The van der Waals surface area contributed by atoms with Gasteiger partial charge in [-0.25, -0.2) is 9.53 Å². The number of furan rings is 2. The molecule has 0 unspecified atom stereocenters. The molecule has 3 aromatic heterocycles. The minimum atomic E-state index is -2.29. The van der Waals surface area contributed by atoms with Crippen LogP contribution in [0.25, 0.3) is 65.5 Å². The maximum absolute atomic E-state index is 10.3. The van der Waals surface area contributed by atoms with Gasteiger partial charge < -0.3 is 18.6 Å². The summed E-state index contributed by atoms with van der Waals surface area (Å²) in [6, 6.07) is 19.8. The number of fused-ring (bicyclic) bond motifs is 7. The molecule has 8 heteroatoms. The van der Waals surface area contributed by atoms with Crippen molar-refractivity contribution >= 4 is 55.3 Å². The van der Waals surface area contributed by atoms with Crippen LogP contribution < -0.4 is 4.90 Å². The Labute approximate surface area is 276 Å². The number of rotatable bonds is 5. The van der Waals surface area contributed by atoms with E-state index in [1.165, 1.54) is 27.8 Å². The molecule has 47 heavy (non-hydrogen) atoms. The molecule has 0 fully saturated rings. The van der Waals surface area contributed by atoms with E-state index < -0.39 is 6.98 Å². The molecular weight excluding hydrogens is 584 g/mol. The normalized spacial score (nSPS) is 14.5. The van der Waals surface area contributed by atoms with E-state index in [0.29, 0.717) is 67.6 Å². The van der Waals surface area contributed by atoms with E-state index in [9.17, 15) is 5.26 Å². The molecule has 0 amide bonds. The molecule has 0 aliphatic carbocycles. The molecule has 0 spiro atoms. The SMILES string of the molecule is [2H]C([2H])([2H])N1C=CN(c2cc([N+]#[C-])c3oc4ccc5oc6c(C#N)cc(-n7cc(-c8c(C(C)C)cccc8C(C)C)cn7)cc6c5c4c3c2)C1. The molecule has 4 heterocycles. The standard InChI is InChI=1S/C39H32N6O2/c1-22(2)28-8-7-9-29(23(3)4)35(28)25-19-42-45(20-25)27-14-24(18-40)38-30(16-27)36-33(46-38)10-11-34-37(36)31-15-26(44-13-12-43(6)21-44)17-32(41-5)39(31)47-34/h7-17,19-20,22-23H,21H2,1-4,6H3/i6D3. The highest BCUT2D eigenvalue weighted by molar-refractivity contribution is 6.27. The highest BCUT2D eigenvalue weighted by Gasteiger charge is 2.23. The van der Waals surface area contributed by atoms with Gasteiger partial charge in [-0.05, 0) is 64.9 Å². The fraction of sp³-hybridized carbons (Fsp3) is 0.205. The number of aromatic nitrogens is 2. The average Bonchev–Trinajstić information content (AvgIpc) is 3.90. The third-order valence-corrected chi connectivity index (χ3v) is 9.03. The number of nitriles is 1. The van der Waals surface area contributed by atoms with Crippen molar-refractivity contribution in [3.63, 3.8) is 0 Å². The average molecular weight is 620 g/mol. The Bertz CT molecular complexity index is 2600. The van der Waals surface area contributed by atoms with Crippen molar-refractivity contribution in [3.8, 4) is 22.9 Å². The Morgan fingerprint density at radius 1 is 0.915 bits per heavy atom. The molecule has 1 aliphatic heterocycles. The lowest BCUT2D eigenvalue weighted by Gasteiger charge is -2.18. The van der Waals surface area contributed by atoms with Crippen LogP contribution >= 0.6 is 0 Å². The van der Waals surface area contributed by atoms with E-state index in [2.05, 4.69) is 56.8 Å². The minimum absolute atomic E-state index is 0.111. The molecule has 230 valence electrons. The maximum Gasteiger partial charge on any atom is 0.231 e. The van der Waals surface area contributed by atoms with Crippen molar-refractivity contribution in [2.75, 3.05) is 18.5 Å². The summed E-state index contributed by atoms with van der Waals surface area (Å²) in [7, 11) is 0. The van der Waals surface area contributed by atoms with Crippen molar-refractivity contribution in [2.45, 2.75) is 39.5 Å². The molecule has 8 rings (SSSR count). The lowest BCUT2D eigenvalue weighted by atomic mass is 9.86. The van der Waals surface area contributed by atoms with Crippen LogP contribution in [0.2, 0.25) is 0 Å². The van der Waals surface area contributed by atoms with Crippen LogP contribution in [0.1, 0.15) is 60.3 Å². The van der Waals surface area contributed by atoms with Gasteiger partial charge in [0.2, 0.25) is 5.69 Å². The van der Waals surface area contributed by atoms with Gasteiger partial charge in [0.1, 0.15) is 22.8 Å². The van der Waals surface area contributed by atoms with Gasteiger partial charge in [0.05, 0.1) is 30.7 Å². The largest absolute Gasteiger partial charge is 0.467 e. The molecule has 0 bridgehead atoms. The quantitative estimate of drug-likeness (QED) is 0.178. The van der Waals surface area contributed by atoms with E-state index >= 15 is 0 Å². The van der Waals surface area contributed by atoms with E-state index in [1.807, 2.05) is 36.7 Å². The number of hydrogen-bond acceptors (Lipinski definition) is 6. The number of hydrogen-bond donors (Lipinski definition) is 0. The molecule has 0 saturated heterocycles. The summed E-state index contributed by atoms with van der Waals surface area (Å²) >= 11 is 0. The molecule has 7 aromatic rings. The van der Waals surface area contributed by atoms with Gasteiger partial charge in [-0.3, -0.25) is 0 Å². The Morgan fingerprint density at radius 3 is 2.23 bits per heavy atom. The second kappa shape index (κ2) is 10.5. The van der Waals surface area contributed by atoms with Gasteiger partial charge in [-0.2, -0.15) is 10.4 Å². The van der Waals surface area contributed by atoms with Crippen LogP contribution in [0.5, 0.6) is 0 Å². The third kappa shape index (κ3) is 4.37. The van der Waals surface area contributed by atoms with E-state index in [-0.39, 0.29) is 6.67 Å². The van der Waals surface area contributed by atoms with Crippen LogP contribution in [0.15, 0.2) is 88.2 Å². The Kier molecular flexibility index (Phi) is 5.66. The molecule has 0 N–H and O–H groups in total. The van der Waals surface area contributed by atoms with E-state index in [4.69, 9.17) is 24.6 Å². The summed E-state index contributed by atoms with van der Waals surface area (Å²) in [5.74, 6) is 0.646. The van der Waals surface area contributed by atoms with Crippen LogP contribution in [0, 0.1) is 17.9 Å². The summed E-state index contributed by atoms with van der Waals surface area (Å²) in [4.78, 5) is 6.82. The zero-order valence-corrected chi connectivity index (χ0v) is 26.4. The molecule has 0 saturated carbocycles. The fourth-order valence-electron chi connectivity index (χ4n) is 6.82. The maximum atomic E-state index is 10.3. The molecule has 8 nitrogen and oxygen atoms in total. The van der Waals surface area contributed by atoms with Gasteiger partial charge >= 0.3 is 0 Å². The summed E-state index contributed by atoms with van der Waals surface area (Å²) < 4.78 is 37.9. The first-order chi connectivity index (χ1) is 24.0. The predicted octanol–water partition coefficient (Wildman–Crippen LogP) is 10.2. The molecule has 0 atom stereocenters. The first kappa shape index (κ1) is 25.2. The fourth-order valence-corrected chi connectivity index (χ4v) is 6.82. The summed E-state index contributed by atoms with van der Waals surface area (Å²) in [6.45, 7) is 14.6. The van der Waals surface area contributed by atoms with Crippen molar-refractivity contribution in [1.82, 2.24) is 14.7 Å². The van der Waals surface area contributed by atoms with Crippen LogP contribution in [-0.2, 0) is 0 Å². The zero-order valence-electron chi connectivity index (χ0n) is 29.4. The Morgan fingerprint density at radius 2 is 1.60 bits per heavy atom. The molecule has 4 aromatic carbocycles. The van der Waals surface area contributed by atoms with Gasteiger partial charge in [0, 0.05) is 62.5 Å². The zero-order chi connectivity index (χ0) is 35.1. The smallest absolute Gasteiger partial charge is 0.231 e. The van der Waals surface area contributed by atoms with Gasteiger partial charge in [0.25, 0.3) is 0 Å². The minimum Gasteiger partial charge on any atom is -0.467 e. The van der Waals surface area contributed by atoms with Crippen LogP contribution in [0.3, 0.4) is 0 Å². The first-order valence-electron chi connectivity index (χ1n) is 17.0. The van der Waals surface area contributed by atoms with Crippen molar-refractivity contribution in [1.29, 1.82) is 5.26 Å². The highest BCUT2D eigenvalue weighted by atomic mass is 16.3. The second-order valence-corrected chi connectivity index (χ2v) is 12.6. The van der Waals surface area contributed by atoms with Crippen LogP contribution in [-0.4, -0.2) is 28.3 Å². The van der Waals surface area contributed by atoms with Crippen molar-refractivity contribution in [3.05, 3.63) is 107 Å². The number of benzene rings is 4. The number of nitrogens with zero attached hydrogens (tertiary/aromatic N) is 6. The molecular formula is C39H32N6O2. The van der Waals surface area contributed by atoms with Gasteiger partial charge in [-0.1, -0.05) is 45.9 Å².